The first kappa shape index (κ1) is 19.6. The molecule has 2 aromatic rings. The summed E-state index contributed by atoms with van der Waals surface area (Å²) in [4.78, 5) is 12.2. The van der Waals surface area contributed by atoms with E-state index in [0.717, 1.165) is 5.56 Å². The zero-order valence-electron chi connectivity index (χ0n) is 14.2. The second kappa shape index (κ2) is 9.66. The fourth-order valence-electron chi connectivity index (χ4n) is 2.34. The Morgan fingerprint density at radius 1 is 1.16 bits per heavy atom. The standard InChI is InChI=1S/C19H21Cl2NO3/c1-13(14-7-4-3-5-8-14)25-10-6-9-22-19(23)15-11-16(20)18(24-2)17(21)12-15/h3-5,7-8,11-13H,6,9-10H2,1-2H3,(H,22,23). The van der Waals surface area contributed by atoms with Crippen LogP contribution in [0.15, 0.2) is 42.5 Å². The highest BCUT2D eigenvalue weighted by Gasteiger charge is 2.13. The van der Waals surface area contributed by atoms with E-state index in [0.29, 0.717) is 40.9 Å². The Bertz CT molecular complexity index is 684. The molecular formula is C19H21Cl2NO3. The van der Waals surface area contributed by atoms with Crippen molar-refractivity contribution in [2.24, 2.45) is 0 Å². The van der Waals surface area contributed by atoms with Crippen LogP contribution in [0.5, 0.6) is 5.75 Å². The van der Waals surface area contributed by atoms with Gasteiger partial charge >= 0.3 is 0 Å². The van der Waals surface area contributed by atoms with Gasteiger partial charge < -0.3 is 14.8 Å². The van der Waals surface area contributed by atoms with Crippen molar-refractivity contribution in [2.75, 3.05) is 20.3 Å². The number of carbonyl (C=O) groups excluding carboxylic acids is 1. The third-order valence-electron chi connectivity index (χ3n) is 3.71. The van der Waals surface area contributed by atoms with E-state index in [-0.39, 0.29) is 12.0 Å². The summed E-state index contributed by atoms with van der Waals surface area (Å²) >= 11 is 12.1. The predicted octanol–water partition coefficient (Wildman–Crippen LogP) is 4.90. The molecule has 25 heavy (non-hydrogen) atoms. The van der Waals surface area contributed by atoms with E-state index in [1.54, 1.807) is 0 Å². The van der Waals surface area contributed by atoms with Gasteiger partial charge in [-0.05, 0) is 31.0 Å². The van der Waals surface area contributed by atoms with Gasteiger partial charge in [-0.25, -0.2) is 0 Å². The predicted molar refractivity (Wildman–Crippen MR) is 101 cm³/mol. The van der Waals surface area contributed by atoms with Gasteiger partial charge in [0.15, 0.2) is 5.75 Å². The summed E-state index contributed by atoms with van der Waals surface area (Å²) in [6.45, 7) is 3.07. The van der Waals surface area contributed by atoms with E-state index in [4.69, 9.17) is 32.7 Å². The summed E-state index contributed by atoms with van der Waals surface area (Å²) in [5, 5.41) is 3.44. The average molecular weight is 382 g/mol. The number of ether oxygens (including phenoxy) is 2. The van der Waals surface area contributed by atoms with Crippen LogP contribution in [0.1, 0.15) is 35.4 Å². The second-order valence-corrected chi connectivity index (χ2v) is 6.32. The van der Waals surface area contributed by atoms with Crippen molar-refractivity contribution in [3.63, 3.8) is 0 Å². The van der Waals surface area contributed by atoms with Gasteiger partial charge in [-0.3, -0.25) is 4.79 Å². The van der Waals surface area contributed by atoms with Crippen molar-refractivity contribution in [1.82, 2.24) is 5.32 Å². The van der Waals surface area contributed by atoms with E-state index in [9.17, 15) is 4.79 Å². The zero-order valence-corrected chi connectivity index (χ0v) is 15.7. The number of halogens is 2. The van der Waals surface area contributed by atoms with Gasteiger partial charge in [-0.1, -0.05) is 53.5 Å². The molecule has 1 unspecified atom stereocenters. The van der Waals surface area contributed by atoms with Gasteiger partial charge in [-0.15, -0.1) is 0 Å². The van der Waals surface area contributed by atoms with E-state index in [1.807, 2.05) is 37.3 Å². The summed E-state index contributed by atoms with van der Waals surface area (Å²) in [5.74, 6) is 0.130. The largest absolute Gasteiger partial charge is 0.494 e. The van der Waals surface area contributed by atoms with E-state index < -0.39 is 0 Å². The lowest BCUT2D eigenvalue weighted by Crippen LogP contribution is -2.25. The van der Waals surface area contributed by atoms with Gasteiger partial charge in [0, 0.05) is 18.7 Å². The maximum atomic E-state index is 12.2. The lowest BCUT2D eigenvalue weighted by atomic mass is 10.1. The first-order chi connectivity index (χ1) is 12.0. The van der Waals surface area contributed by atoms with Gasteiger partial charge in [0.25, 0.3) is 5.91 Å². The number of carbonyl (C=O) groups is 1. The highest BCUT2D eigenvalue weighted by atomic mass is 35.5. The van der Waals surface area contributed by atoms with Crippen LogP contribution in [0, 0.1) is 0 Å². The Balaban J connectivity index is 1.76. The minimum Gasteiger partial charge on any atom is -0.494 e. The number of hydrogen-bond donors (Lipinski definition) is 1. The maximum absolute atomic E-state index is 12.2. The Kier molecular flexibility index (Phi) is 7.56. The summed E-state index contributed by atoms with van der Waals surface area (Å²) in [6, 6.07) is 13.1. The van der Waals surface area contributed by atoms with Crippen molar-refractivity contribution in [1.29, 1.82) is 0 Å². The molecule has 0 saturated carbocycles. The molecule has 134 valence electrons. The monoisotopic (exact) mass is 381 g/mol. The molecule has 0 heterocycles. The van der Waals surface area contributed by atoms with Crippen LogP contribution in [-0.2, 0) is 4.74 Å². The van der Waals surface area contributed by atoms with E-state index >= 15 is 0 Å². The Morgan fingerprint density at radius 2 is 1.80 bits per heavy atom. The lowest BCUT2D eigenvalue weighted by molar-refractivity contribution is 0.0635. The number of benzene rings is 2. The molecule has 0 radical (unpaired) electrons. The smallest absolute Gasteiger partial charge is 0.251 e. The van der Waals surface area contributed by atoms with Crippen molar-refractivity contribution < 1.29 is 14.3 Å². The quantitative estimate of drug-likeness (QED) is 0.661. The fourth-order valence-corrected chi connectivity index (χ4v) is 2.98. The molecule has 0 saturated heterocycles. The van der Waals surface area contributed by atoms with E-state index in [1.165, 1.54) is 19.2 Å². The third-order valence-corrected chi connectivity index (χ3v) is 4.27. The van der Waals surface area contributed by atoms with Crippen LogP contribution in [-0.4, -0.2) is 26.2 Å². The normalized spacial score (nSPS) is 11.8. The van der Waals surface area contributed by atoms with Crippen molar-refractivity contribution in [3.8, 4) is 5.75 Å². The third kappa shape index (κ3) is 5.63. The van der Waals surface area contributed by atoms with Crippen LogP contribution >= 0.6 is 23.2 Å². The molecule has 0 bridgehead atoms. The van der Waals surface area contributed by atoms with E-state index in [2.05, 4.69) is 5.32 Å². The minimum absolute atomic E-state index is 0.0242. The highest BCUT2D eigenvalue weighted by molar-refractivity contribution is 6.37. The number of nitrogens with one attached hydrogen (secondary N) is 1. The molecule has 2 rings (SSSR count). The Morgan fingerprint density at radius 3 is 2.40 bits per heavy atom. The molecule has 0 aliphatic carbocycles. The van der Waals surface area contributed by atoms with Crippen molar-refractivity contribution >= 4 is 29.1 Å². The topological polar surface area (TPSA) is 47.6 Å². The SMILES string of the molecule is COc1c(Cl)cc(C(=O)NCCCOC(C)c2ccccc2)cc1Cl. The molecule has 4 nitrogen and oxygen atoms in total. The fraction of sp³-hybridized carbons (Fsp3) is 0.316. The first-order valence-electron chi connectivity index (χ1n) is 8.00. The summed E-state index contributed by atoms with van der Waals surface area (Å²) in [7, 11) is 1.48. The molecule has 2 aromatic carbocycles. The van der Waals surface area contributed by atoms with Crippen molar-refractivity contribution in [3.05, 3.63) is 63.6 Å². The van der Waals surface area contributed by atoms with Gasteiger partial charge in [0.2, 0.25) is 0 Å². The van der Waals surface area contributed by atoms with Crippen LogP contribution in [0.2, 0.25) is 10.0 Å². The van der Waals surface area contributed by atoms with Crippen molar-refractivity contribution in [2.45, 2.75) is 19.4 Å². The molecule has 0 spiro atoms. The lowest BCUT2D eigenvalue weighted by Gasteiger charge is -2.13. The van der Waals surface area contributed by atoms with Crippen LogP contribution in [0.4, 0.5) is 0 Å². The molecule has 0 aromatic heterocycles. The molecular weight excluding hydrogens is 361 g/mol. The molecule has 0 aliphatic heterocycles. The minimum atomic E-state index is -0.234. The number of amides is 1. The number of rotatable bonds is 8. The molecule has 1 N–H and O–H groups in total. The van der Waals surface area contributed by atoms with Crippen LogP contribution in [0.25, 0.3) is 0 Å². The second-order valence-electron chi connectivity index (χ2n) is 5.51. The first-order valence-corrected chi connectivity index (χ1v) is 8.76. The molecule has 1 amide bonds. The molecule has 6 heteroatoms. The summed E-state index contributed by atoms with van der Waals surface area (Å²) < 4.78 is 10.8. The van der Waals surface area contributed by atoms with Gasteiger partial charge in [-0.2, -0.15) is 0 Å². The number of methoxy groups -OCH3 is 1. The summed E-state index contributed by atoms with van der Waals surface area (Å²) in [5.41, 5.74) is 1.53. The summed E-state index contributed by atoms with van der Waals surface area (Å²) in [6.07, 6.45) is 0.733. The Hall–Kier alpha value is -1.75. The average Bonchev–Trinajstić information content (AvgIpc) is 2.61. The van der Waals surface area contributed by atoms with Gasteiger partial charge in [0.1, 0.15) is 0 Å². The Labute approximate surface area is 158 Å². The number of hydrogen-bond acceptors (Lipinski definition) is 3. The van der Waals surface area contributed by atoms with Crippen LogP contribution in [0.3, 0.4) is 0 Å². The zero-order chi connectivity index (χ0) is 18.2. The van der Waals surface area contributed by atoms with Crippen LogP contribution < -0.4 is 10.1 Å². The molecule has 1 atom stereocenters. The van der Waals surface area contributed by atoms with Gasteiger partial charge in [0.05, 0.1) is 23.3 Å². The highest BCUT2D eigenvalue weighted by Crippen LogP contribution is 2.33. The molecule has 0 aliphatic rings. The molecule has 0 fully saturated rings. The maximum Gasteiger partial charge on any atom is 0.251 e.